The van der Waals surface area contributed by atoms with E-state index in [1.165, 1.54) is 6.07 Å². The van der Waals surface area contributed by atoms with Gasteiger partial charge in [-0.2, -0.15) is 0 Å². The minimum atomic E-state index is -0.651. The van der Waals surface area contributed by atoms with Crippen LogP contribution >= 0.6 is 12.4 Å². The largest absolute Gasteiger partial charge is 0.497 e. The summed E-state index contributed by atoms with van der Waals surface area (Å²) < 4.78 is 25.9. The quantitative estimate of drug-likeness (QED) is 0.800. The van der Waals surface area contributed by atoms with E-state index in [0.717, 1.165) is 12.1 Å². The Balaban J connectivity index is 0.00000220. The first kappa shape index (κ1) is 18.4. The second-order valence-electron chi connectivity index (χ2n) is 6.68. The van der Waals surface area contributed by atoms with Gasteiger partial charge in [0.05, 0.1) is 11.2 Å². The van der Waals surface area contributed by atoms with Crippen molar-refractivity contribution in [3.8, 4) is 0 Å². The van der Waals surface area contributed by atoms with Gasteiger partial charge in [0.1, 0.15) is 5.82 Å². The molecule has 118 valence electrons. The fraction of sp³-hybridized carbons (Fsp3) is 0.600. The summed E-state index contributed by atoms with van der Waals surface area (Å²) in [6.45, 7) is 8.62. The van der Waals surface area contributed by atoms with E-state index in [1.807, 2.05) is 52.8 Å². The molecule has 0 bridgehead atoms. The van der Waals surface area contributed by atoms with Crippen LogP contribution in [-0.4, -0.2) is 37.3 Å². The van der Waals surface area contributed by atoms with Gasteiger partial charge in [-0.3, -0.25) is 0 Å². The summed E-state index contributed by atoms with van der Waals surface area (Å²) in [5, 5.41) is 0. The van der Waals surface area contributed by atoms with Crippen LogP contribution in [-0.2, 0) is 15.9 Å². The first-order chi connectivity index (χ1) is 9.12. The predicted molar refractivity (Wildman–Crippen MR) is 86.8 cm³/mol. The number of benzene rings is 1. The highest BCUT2D eigenvalue weighted by molar-refractivity contribution is 6.62. The molecule has 0 spiro atoms. The minimum Gasteiger partial charge on any atom is -0.399 e. The molecule has 0 aromatic heterocycles. The van der Waals surface area contributed by atoms with Gasteiger partial charge in [0.2, 0.25) is 0 Å². The van der Waals surface area contributed by atoms with Gasteiger partial charge in [-0.15, -0.1) is 12.4 Å². The zero-order valence-corrected chi connectivity index (χ0v) is 14.4. The molecular formula is C15H24BClFNO2. The van der Waals surface area contributed by atoms with Crippen molar-refractivity contribution in [2.75, 3.05) is 14.1 Å². The maximum atomic E-state index is 14.1. The van der Waals surface area contributed by atoms with Gasteiger partial charge in [-0.05, 0) is 53.4 Å². The molecule has 1 aliphatic rings. The average molecular weight is 316 g/mol. The molecule has 0 radical (unpaired) electrons. The molecule has 21 heavy (non-hydrogen) atoms. The lowest BCUT2D eigenvalue weighted by atomic mass is 9.78. The molecule has 1 heterocycles. The van der Waals surface area contributed by atoms with Crippen LogP contribution in [0.3, 0.4) is 0 Å². The molecule has 1 aliphatic heterocycles. The zero-order chi connectivity index (χ0) is 15.1. The fourth-order valence-electron chi connectivity index (χ4n) is 2.21. The second-order valence-corrected chi connectivity index (χ2v) is 6.68. The highest BCUT2D eigenvalue weighted by atomic mass is 35.5. The molecule has 1 aromatic rings. The van der Waals surface area contributed by atoms with Crippen LogP contribution in [0.5, 0.6) is 0 Å². The first-order valence-corrected chi connectivity index (χ1v) is 6.91. The Morgan fingerprint density at radius 2 is 1.62 bits per heavy atom. The Kier molecular flexibility index (Phi) is 5.48. The van der Waals surface area contributed by atoms with Crippen LogP contribution in [0.25, 0.3) is 0 Å². The molecule has 1 fully saturated rings. The van der Waals surface area contributed by atoms with E-state index < -0.39 is 18.3 Å². The maximum absolute atomic E-state index is 14.1. The van der Waals surface area contributed by atoms with E-state index >= 15 is 0 Å². The molecule has 0 unspecified atom stereocenters. The number of nitrogens with zero attached hydrogens (tertiary/aromatic N) is 1. The van der Waals surface area contributed by atoms with Crippen LogP contribution in [0.1, 0.15) is 33.3 Å². The standard InChI is InChI=1S/C15H23BFNO2.ClH/c1-14(2)15(3,4)20-16(19-14)12-9-11(10-18(5)6)7-8-13(12)17;/h7-9H,10H2,1-6H3;1H. The van der Waals surface area contributed by atoms with Crippen LogP contribution in [0.4, 0.5) is 4.39 Å². The molecule has 0 N–H and O–H groups in total. The van der Waals surface area contributed by atoms with Crippen molar-refractivity contribution in [1.29, 1.82) is 0 Å². The molecule has 0 aliphatic carbocycles. The number of hydrogen-bond acceptors (Lipinski definition) is 3. The fourth-order valence-corrected chi connectivity index (χ4v) is 2.21. The van der Waals surface area contributed by atoms with Gasteiger partial charge in [0.25, 0.3) is 0 Å². The van der Waals surface area contributed by atoms with Gasteiger partial charge in [-0.25, -0.2) is 4.39 Å². The van der Waals surface area contributed by atoms with Crippen LogP contribution in [0.15, 0.2) is 18.2 Å². The summed E-state index contributed by atoms with van der Waals surface area (Å²) in [5.74, 6) is -0.286. The van der Waals surface area contributed by atoms with Crippen molar-refractivity contribution < 1.29 is 13.7 Å². The molecule has 6 heteroatoms. The van der Waals surface area contributed by atoms with E-state index in [4.69, 9.17) is 9.31 Å². The smallest absolute Gasteiger partial charge is 0.399 e. The third-order valence-corrected chi connectivity index (χ3v) is 4.07. The monoisotopic (exact) mass is 315 g/mol. The summed E-state index contributed by atoms with van der Waals surface area (Å²) in [4.78, 5) is 2.04. The Hall–Kier alpha value is -0.615. The number of rotatable bonds is 3. The second kappa shape index (κ2) is 6.25. The molecule has 0 saturated carbocycles. The van der Waals surface area contributed by atoms with Crippen molar-refractivity contribution in [2.45, 2.75) is 45.4 Å². The van der Waals surface area contributed by atoms with Gasteiger partial charge in [0.15, 0.2) is 0 Å². The van der Waals surface area contributed by atoms with Crippen molar-refractivity contribution in [1.82, 2.24) is 4.90 Å². The Morgan fingerprint density at radius 3 is 2.10 bits per heavy atom. The van der Waals surface area contributed by atoms with E-state index in [9.17, 15) is 4.39 Å². The summed E-state index contributed by atoms with van der Waals surface area (Å²) in [6.07, 6.45) is 0. The van der Waals surface area contributed by atoms with Crippen LogP contribution < -0.4 is 5.46 Å². The molecular weight excluding hydrogens is 291 g/mol. The SMILES string of the molecule is CN(C)Cc1ccc(F)c(B2OC(C)(C)C(C)(C)O2)c1.Cl. The van der Waals surface area contributed by atoms with Gasteiger partial charge in [-0.1, -0.05) is 12.1 Å². The van der Waals surface area contributed by atoms with Crippen molar-refractivity contribution >= 4 is 25.0 Å². The van der Waals surface area contributed by atoms with Crippen LogP contribution in [0, 0.1) is 5.82 Å². The normalized spacial score (nSPS) is 19.7. The molecule has 0 atom stereocenters. The topological polar surface area (TPSA) is 21.7 Å². The molecule has 1 saturated heterocycles. The lowest BCUT2D eigenvalue weighted by Gasteiger charge is -2.32. The van der Waals surface area contributed by atoms with Crippen LogP contribution in [0.2, 0.25) is 0 Å². The molecule has 3 nitrogen and oxygen atoms in total. The van der Waals surface area contributed by atoms with E-state index in [-0.39, 0.29) is 18.2 Å². The van der Waals surface area contributed by atoms with Gasteiger partial charge < -0.3 is 14.2 Å². The lowest BCUT2D eigenvalue weighted by Crippen LogP contribution is -2.41. The van der Waals surface area contributed by atoms with Gasteiger partial charge >= 0.3 is 7.12 Å². The Labute approximate surface area is 133 Å². The van der Waals surface area contributed by atoms with E-state index in [1.54, 1.807) is 6.07 Å². The molecule has 2 rings (SSSR count). The third-order valence-electron chi connectivity index (χ3n) is 4.07. The number of hydrogen-bond donors (Lipinski definition) is 0. The summed E-state index contributed by atoms with van der Waals surface area (Å²) in [6, 6.07) is 5.11. The zero-order valence-electron chi connectivity index (χ0n) is 13.6. The number of halogens is 2. The Bertz CT molecular complexity index is 492. The van der Waals surface area contributed by atoms with Crippen molar-refractivity contribution in [2.24, 2.45) is 0 Å². The average Bonchev–Trinajstić information content (AvgIpc) is 2.50. The van der Waals surface area contributed by atoms with Crippen molar-refractivity contribution in [3.63, 3.8) is 0 Å². The minimum absolute atomic E-state index is 0. The third kappa shape index (κ3) is 3.78. The summed E-state index contributed by atoms with van der Waals surface area (Å²) in [7, 11) is 3.32. The predicted octanol–water partition coefficient (Wildman–Crippen LogP) is 2.61. The van der Waals surface area contributed by atoms with E-state index in [2.05, 4.69) is 0 Å². The maximum Gasteiger partial charge on any atom is 0.497 e. The lowest BCUT2D eigenvalue weighted by molar-refractivity contribution is 0.00578. The molecule has 1 aromatic carbocycles. The van der Waals surface area contributed by atoms with E-state index in [0.29, 0.717) is 5.46 Å². The summed E-state index contributed by atoms with van der Waals surface area (Å²) >= 11 is 0. The van der Waals surface area contributed by atoms with Gasteiger partial charge in [0, 0.05) is 12.0 Å². The Morgan fingerprint density at radius 1 is 1.10 bits per heavy atom. The molecule has 0 amide bonds. The summed E-state index contributed by atoms with van der Waals surface area (Å²) in [5.41, 5.74) is 0.604. The van der Waals surface area contributed by atoms with Crippen molar-refractivity contribution in [3.05, 3.63) is 29.6 Å². The first-order valence-electron chi connectivity index (χ1n) is 6.91. The highest BCUT2D eigenvalue weighted by Crippen LogP contribution is 2.36. The highest BCUT2D eigenvalue weighted by Gasteiger charge is 2.52.